The highest BCUT2D eigenvalue weighted by atomic mass is 14.9. The summed E-state index contributed by atoms with van der Waals surface area (Å²) in [6.07, 6.45) is 0. The molecule has 4 nitrogen and oxygen atoms in total. The Balaban J connectivity index is 1.19. The molecule has 0 fully saturated rings. The van der Waals surface area contributed by atoms with Crippen LogP contribution in [0.15, 0.2) is 146 Å². The molecule has 0 N–H and O–H groups in total. The van der Waals surface area contributed by atoms with Gasteiger partial charge < -0.3 is 0 Å². The third-order valence-corrected chi connectivity index (χ3v) is 8.51. The lowest BCUT2D eigenvalue weighted by Gasteiger charge is -2.11. The fourth-order valence-electron chi connectivity index (χ4n) is 6.02. The molecule has 0 aliphatic carbocycles. The second-order valence-corrected chi connectivity index (χ2v) is 11.7. The Hall–Kier alpha value is -6.00. The van der Waals surface area contributed by atoms with E-state index in [4.69, 9.17) is 19.9 Å². The van der Waals surface area contributed by atoms with E-state index in [0.29, 0.717) is 5.82 Å². The molecule has 0 aliphatic rings. The normalized spacial score (nSPS) is 11.3. The molecule has 0 aliphatic heterocycles. The van der Waals surface area contributed by atoms with Gasteiger partial charge in [-0.15, -0.1) is 0 Å². The summed E-state index contributed by atoms with van der Waals surface area (Å²) in [5, 5.41) is 2.23. The molecule has 0 saturated heterocycles. The number of rotatable bonds is 5. The summed E-state index contributed by atoms with van der Waals surface area (Å²) < 4.78 is 0. The monoisotopic (exact) mass is 590 g/mol. The van der Waals surface area contributed by atoms with E-state index >= 15 is 0 Å². The third kappa shape index (κ3) is 5.20. The summed E-state index contributed by atoms with van der Waals surface area (Å²) in [6.45, 7) is 4.17. The Morgan fingerprint density at radius 2 is 0.870 bits per heavy atom. The van der Waals surface area contributed by atoms with Crippen LogP contribution in [0.25, 0.3) is 78.1 Å². The Kier molecular flexibility index (Phi) is 6.88. The summed E-state index contributed by atoms with van der Waals surface area (Å²) in [5.74, 6) is 0.700. The topological polar surface area (TPSA) is 51.6 Å². The van der Waals surface area contributed by atoms with Crippen LogP contribution in [-0.2, 0) is 0 Å². The third-order valence-electron chi connectivity index (χ3n) is 8.51. The molecular formula is C42H30N4. The summed E-state index contributed by atoms with van der Waals surface area (Å²) in [5.41, 5.74) is 13.2. The van der Waals surface area contributed by atoms with Crippen LogP contribution in [0, 0.1) is 13.8 Å². The maximum Gasteiger partial charge on any atom is 0.160 e. The van der Waals surface area contributed by atoms with Crippen LogP contribution >= 0.6 is 0 Å². The number of fused-ring (bicyclic) bond motifs is 3. The van der Waals surface area contributed by atoms with Crippen molar-refractivity contribution in [1.82, 2.24) is 19.9 Å². The van der Waals surface area contributed by atoms with Gasteiger partial charge in [-0.05, 0) is 48.7 Å². The molecule has 8 aromatic rings. The van der Waals surface area contributed by atoms with E-state index in [1.54, 1.807) is 0 Å². The van der Waals surface area contributed by atoms with Crippen LogP contribution < -0.4 is 0 Å². The first-order valence-electron chi connectivity index (χ1n) is 15.5. The molecule has 0 spiro atoms. The minimum absolute atomic E-state index is 0.700. The molecule has 4 heteroatoms. The number of nitrogens with zero attached hydrogens (tertiary/aromatic N) is 4. The SMILES string of the molecule is Cc1ccc2ccc3c(C)cc(-c4ccc(-c5cc(-c6ccc(-c7ccccc7)cc6)nc(-c6ccccc6)n5)cc4)nc3c2n1. The van der Waals surface area contributed by atoms with Crippen molar-refractivity contribution < 1.29 is 0 Å². The van der Waals surface area contributed by atoms with Crippen molar-refractivity contribution in [1.29, 1.82) is 0 Å². The average molecular weight is 591 g/mol. The number of benzene rings is 5. The molecule has 0 unspecified atom stereocenters. The molecule has 0 atom stereocenters. The first-order valence-corrected chi connectivity index (χ1v) is 15.5. The van der Waals surface area contributed by atoms with E-state index in [2.05, 4.69) is 122 Å². The van der Waals surface area contributed by atoms with Gasteiger partial charge in [-0.3, -0.25) is 4.98 Å². The fourth-order valence-corrected chi connectivity index (χ4v) is 6.02. The number of hydrogen-bond donors (Lipinski definition) is 0. The first-order chi connectivity index (χ1) is 22.6. The van der Waals surface area contributed by atoms with Gasteiger partial charge >= 0.3 is 0 Å². The van der Waals surface area contributed by atoms with Gasteiger partial charge in [0.25, 0.3) is 0 Å². The lowest BCUT2D eigenvalue weighted by atomic mass is 10.0. The van der Waals surface area contributed by atoms with Crippen LogP contribution in [0.5, 0.6) is 0 Å². The molecule has 0 saturated carbocycles. The lowest BCUT2D eigenvalue weighted by Crippen LogP contribution is -1.96. The lowest BCUT2D eigenvalue weighted by molar-refractivity contribution is 1.18. The quantitative estimate of drug-likeness (QED) is 0.187. The van der Waals surface area contributed by atoms with Gasteiger partial charge in [0, 0.05) is 38.7 Å². The predicted molar refractivity (Wildman–Crippen MR) is 189 cm³/mol. The molecule has 218 valence electrons. The zero-order valence-corrected chi connectivity index (χ0v) is 25.6. The number of hydrogen-bond acceptors (Lipinski definition) is 4. The van der Waals surface area contributed by atoms with Gasteiger partial charge in [0.1, 0.15) is 0 Å². The van der Waals surface area contributed by atoms with Crippen molar-refractivity contribution in [3.63, 3.8) is 0 Å². The predicted octanol–water partition coefficient (Wildman–Crippen LogP) is 10.5. The van der Waals surface area contributed by atoms with E-state index in [0.717, 1.165) is 66.8 Å². The van der Waals surface area contributed by atoms with Crippen molar-refractivity contribution in [3.05, 3.63) is 157 Å². The van der Waals surface area contributed by atoms with E-state index in [-0.39, 0.29) is 0 Å². The summed E-state index contributed by atoms with van der Waals surface area (Å²) in [6, 6.07) is 50.4. The largest absolute Gasteiger partial charge is 0.251 e. The maximum absolute atomic E-state index is 5.13. The van der Waals surface area contributed by atoms with Crippen LogP contribution in [0.2, 0.25) is 0 Å². The van der Waals surface area contributed by atoms with E-state index < -0.39 is 0 Å². The fraction of sp³-hybridized carbons (Fsp3) is 0.0476. The minimum Gasteiger partial charge on any atom is -0.251 e. The number of aryl methyl sites for hydroxylation is 2. The van der Waals surface area contributed by atoms with Crippen LogP contribution in [0.3, 0.4) is 0 Å². The molecule has 46 heavy (non-hydrogen) atoms. The number of aromatic nitrogens is 4. The van der Waals surface area contributed by atoms with Crippen molar-refractivity contribution in [2.45, 2.75) is 13.8 Å². The van der Waals surface area contributed by atoms with Crippen molar-refractivity contribution >= 4 is 21.8 Å². The summed E-state index contributed by atoms with van der Waals surface area (Å²) in [4.78, 5) is 20.0. The van der Waals surface area contributed by atoms with Gasteiger partial charge in [0.2, 0.25) is 0 Å². The van der Waals surface area contributed by atoms with Crippen molar-refractivity contribution in [2.75, 3.05) is 0 Å². The summed E-state index contributed by atoms with van der Waals surface area (Å²) in [7, 11) is 0. The molecular weight excluding hydrogens is 560 g/mol. The average Bonchev–Trinajstić information content (AvgIpc) is 3.12. The molecule has 3 heterocycles. The molecule has 0 amide bonds. The Bertz CT molecular complexity index is 2350. The second-order valence-electron chi connectivity index (χ2n) is 11.7. The highest BCUT2D eigenvalue weighted by Gasteiger charge is 2.13. The Morgan fingerprint density at radius 1 is 0.370 bits per heavy atom. The highest BCUT2D eigenvalue weighted by Crippen LogP contribution is 2.32. The maximum atomic E-state index is 5.13. The summed E-state index contributed by atoms with van der Waals surface area (Å²) >= 11 is 0. The smallest absolute Gasteiger partial charge is 0.160 e. The molecule has 8 rings (SSSR count). The van der Waals surface area contributed by atoms with Crippen LogP contribution in [0.4, 0.5) is 0 Å². The first kappa shape index (κ1) is 27.5. The molecule has 0 bridgehead atoms. The Morgan fingerprint density at radius 3 is 1.48 bits per heavy atom. The van der Waals surface area contributed by atoms with Gasteiger partial charge in [0.05, 0.1) is 28.1 Å². The number of pyridine rings is 2. The van der Waals surface area contributed by atoms with Gasteiger partial charge in [-0.2, -0.15) is 0 Å². The van der Waals surface area contributed by atoms with Crippen molar-refractivity contribution in [2.24, 2.45) is 0 Å². The molecule has 5 aromatic carbocycles. The molecule has 3 aromatic heterocycles. The van der Waals surface area contributed by atoms with Gasteiger partial charge in [0.15, 0.2) is 5.82 Å². The minimum atomic E-state index is 0.700. The van der Waals surface area contributed by atoms with Crippen LogP contribution in [0.1, 0.15) is 11.3 Å². The molecule has 0 radical (unpaired) electrons. The van der Waals surface area contributed by atoms with E-state index in [1.165, 1.54) is 16.7 Å². The zero-order valence-electron chi connectivity index (χ0n) is 25.6. The van der Waals surface area contributed by atoms with Crippen LogP contribution in [-0.4, -0.2) is 19.9 Å². The van der Waals surface area contributed by atoms with E-state index in [1.807, 2.05) is 37.3 Å². The zero-order chi connectivity index (χ0) is 31.0. The van der Waals surface area contributed by atoms with Crippen molar-refractivity contribution in [3.8, 4) is 56.3 Å². The Labute approximate surface area is 268 Å². The standard InChI is InChI=1S/C42H30N4/c1-27-25-37(44-41-36(27)24-23-34-14-13-28(2)43-40(34)41)31-19-21-33(22-20-31)39-26-38(45-42(46-39)35-11-7-4-8-12-35)32-17-15-30(16-18-32)29-9-5-3-6-10-29/h3-26H,1-2H3. The highest BCUT2D eigenvalue weighted by molar-refractivity contribution is 6.04. The van der Waals surface area contributed by atoms with E-state index in [9.17, 15) is 0 Å². The van der Waals surface area contributed by atoms with Gasteiger partial charge in [-0.1, -0.05) is 127 Å². The second kappa shape index (κ2) is 11.5. The van der Waals surface area contributed by atoms with Gasteiger partial charge in [-0.25, -0.2) is 15.0 Å².